The Bertz CT molecular complexity index is 495. The van der Waals surface area contributed by atoms with E-state index in [1.807, 2.05) is 0 Å². The molecule has 2 saturated carbocycles. The molecule has 0 bridgehead atoms. The topological polar surface area (TPSA) is 84.2 Å². The smallest absolute Gasteiger partial charge is 0.291 e. The van der Waals surface area contributed by atoms with Crippen LogP contribution in [-0.4, -0.2) is 17.0 Å². The summed E-state index contributed by atoms with van der Waals surface area (Å²) in [7, 11) is 0. The first-order valence-electron chi connectivity index (χ1n) is 6.50. The van der Waals surface area contributed by atoms with E-state index in [2.05, 4.69) is 34.4 Å². The Labute approximate surface area is 110 Å². The van der Waals surface area contributed by atoms with Gasteiger partial charge in [-0.05, 0) is 30.1 Å². The average molecular weight is 263 g/mol. The second kappa shape index (κ2) is 4.08. The minimum atomic E-state index is -0.467. The molecular weight excluding hydrogens is 246 g/mol. The Balaban J connectivity index is 1.47. The molecule has 3 atom stereocenters. The molecule has 6 nitrogen and oxygen atoms in total. The average Bonchev–Trinajstić information content (AvgIpc) is 2.91. The normalized spacial score (nSPS) is 30.5. The van der Waals surface area contributed by atoms with Gasteiger partial charge >= 0.3 is 0 Å². The molecule has 0 radical (unpaired) electrons. The lowest BCUT2D eigenvalue weighted by Gasteiger charge is -2.16. The largest absolute Gasteiger partial charge is 0.364 e. The van der Waals surface area contributed by atoms with Crippen LogP contribution in [0.4, 0.5) is 0 Å². The van der Waals surface area contributed by atoms with Crippen molar-refractivity contribution in [1.29, 1.82) is 0 Å². The Hall–Kier alpha value is -1.85. The Morgan fingerprint density at radius 3 is 2.58 bits per heavy atom. The van der Waals surface area contributed by atoms with Crippen molar-refractivity contribution in [3.8, 4) is 0 Å². The summed E-state index contributed by atoms with van der Waals surface area (Å²) in [5.41, 5.74) is 5.36. The summed E-state index contributed by atoms with van der Waals surface area (Å²) in [6.07, 6.45) is 3.15. The number of hydrogen-bond donors (Lipinski definition) is 2. The second-order valence-electron chi connectivity index (χ2n) is 6.03. The van der Waals surface area contributed by atoms with Crippen LogP contribution in [0, 0.1) is 23.2 Å². The molecule has 0 aliphatic heterocycles. The summed E-state index contributed by atoms with van der Waals surface area (Å²) < 4.78 is 4.56. The van der Waals surface area contributed by atoms with Crippen LogP contribution in [0.5, 0.6) is 0 Å². The number of hydrazine groups is 1. The van der Waals surface area contributed by atoms with Crippen molar-refractivity contribution >= 4 is 11.8 Å². The first-order valence-corrected chi connectivity index (χ1v) is 6.50. The second-order valence-corrected chi connectivity index (χ2v) is 6.03. The number of carbonyl (C=O) groups is 2. The molecule has 0 aromatic carbocycles. The molecule has 2 aliphatic carbocycles. The summed E-state index contributed by atoms with van der Waals surface area (Å²) in [5, 5.41) is 3.49. The summed E-state index contributed by atoms with van der Waals surface area (Å²) in [4.78, 5) is 23.5. The Kier molecular flexibility index (Phi) is 2.62. The van der Waals surface area contributed by atoms with Crippen molar-refractivity contribution in [3.05, 3.63) is 18.0 Å². The van der Waals surface area contributed by atoms with Crippen LogP contribution in [0.25, 0.3) is 0 Å². The zero-order valence-electron chi connectivity index (χ0n) is 11.0. The molecular formula is C13H17N3O3. The quantitative estimate of drug-likeness (QED) is 0.783. The van der Waals surface area contributed by atoms with Crippen molar-refractivity contribution in [2.45, 2.75) is 26.7 Å². The van der Waals surface area contributed by atoms with Crippen molar-refractivity contribution in [1.82, 2.24) is 16.0 Å². The van der Waals surface area contributed by atoms with Crippen molar-refractivity contribution in [2.75, 3.05) is 0 Å². The lowest BCUT2D eigenvalue weighted by molar-refractivity contribution is -0.126. The molecule has 2 fully saturated rings. The lowest BCUT2D eigenvalue weighted by atomic mass is 9.93. The Morgan fingerprint density at radius 2 is 2.00 bits per heavy atom. The highest BCUT2D eigenvalue weighted by Crippen LogP contribution is 2.68. The van der Waals surface area contributed by atoms with E-state index in [0.29, 0.717) is 17.3 Å². The predicted octanol–water partition coefficient (Wildman–Crippen LogP) is 1.12. The van der Waals surface area contributed by atoms with Gasteiger partial charge in [0.15, 0.2) is 5.69 Å². The third kappa shape index (κ3) is 2.01. The summed E-state index contributed by atoms with van der Waals surface area (Å²) in [5.74, 6) is 0.759. The van der Waals surface area contributed by atoms with Crippen molar-refractivity contribution in [3.63, 3.8) is 0 Å². The minimum Gasteiger partial charge on any atom is -0.364 e. The number of hydrogen-bond acceptors (Lipinski definition) is 4. The standard InChI is InChI=1S/C13H17N3O3/c1-13(2)8-5-7(6-9(8)13)11(17)14-15-12(18)10-3-4-19-16-10/h3-4,7-9H,5-6H2,1-2H3,(H,14,17)(H,15,18)/t7?,8-,9+. The van der Waals surface area contributed by atoms with Gasteiger partial charge in [0, 0.05) is 12.0 Å². The number of aromatic nitrogens is 1. The van der Waals surface area contributed by atoms with Gasteiger partial charge < -0.3 is 4.52 Å². The van der Waals surface area contributed by atoms with Gasteiger partial charge in [0.05, 0.1) is 0 Å². The highest BCUT2D eigenvalue weighted by molar-refractivity contribution is 5.93. The fourth-order valence-corrected chi connectivity index (χ4v) is 3.33. The lowest BCUT2D eigenvalue weighted by Crippen LogP contribution is -2.44. The number of amides is 2. The predicted molar refractivity (Wildman–Crippen MR) is 65.6 cm³/mol. The van der Waals surface area contributed by atoms with E-state index >= 15 is 0 Å². The summed E-state index contributed by atoms with van der Waals surface area (Å²) in [6.45, 7) is 4.51. The van der Waals surface area contributed by atoms with Gasteiger partial charge in [-0.2, -0.15) is 0 Å². The van der Waals surface area contributed by atoms with E-state index in [0.717, 1.165) is 12.8 Å². The molecule has 1 heterocycles. The third-order valence-electron chi connectivity index (χ3n) is 4.71. The van der Waals surface area contributed by atoms with Gasteiger partial charge in [0.1, 0.15) is 6.26 Å². The van der Waals surface area contributed by atoms with E-state index in [9.17, 15) is 9.59 Å². The van der Waals surface area contributed by atoms with Gasteiger partial charge in [0.2, 0.25) is 5.91 Å². The van der Waals surface area contributed by atoms with Crippen LogP contribution in [0.2, 0.25) is 0 Å². The molecule has 2 aliphatic rings. The van der Waals surface area contributed by atoms with E-state index in [-0.39, 0.29) is 17.5 Å². The van der Waals surface area contributed by atoms with E-state index in [1.165, 1.54) is 12.3 Å². The monoisotopic (exact) mass is 263 g/mol. The van der Waals surface area contributed by atoms with Crippen LogP contribution in [0.15, 0.2) is 16.9 Å². The molecule has 19 heavy (non-hydrogen) atoms. The van der Waals surface area contributed by atoms with E-state index in [4.69, 9.17) is 0 Å². The molecule has 3 rings (SSSR count). The number of fused-ring (bicyclic) bond motifs is 1. The van der Waals surface area contributed by atoms with Crippen molar-refractivity contribution < 1.29 is 14.1 Å². The van der Waals surface area contributed by atoms with Gasteiger partial charge in [-0.25, -0.2) is 0 Å². The van der Waals surface area contributed by atoms with Gasteiger partial charge in [0.25, 0.3) is 5.91 Å². The van der Waals surface area contributed by atoms with Crippen LogP contribution in [-0.2, 0) is 4.79 Å². The van der Waals surface area contributed by atoms with Gasteiger partial charge in [-0.1, -0.05) is 19.0 Å². The van der Waals surface area contributed by atoms with Crippen LogP contribution < -0.4 is 10.9 Å². The van der Waals surface area contributed by atoms with E-state index in [1.54, 1.807) is 0 Å². The summed E-state index contributed by atoms with van der Waals surface area (Å²) in [6, 6.07) is 1.44. The maximum Gasteiger partial charge on any atom is 0.291 e. The first kappa shape index (κ1) is 12.2. The number of carbonyl (C=O) groups excluding carboxylic acids is 2. The van der Waals surface area contributed by atoms with Crippen LogP contribution in [0.3, 0.4) is 0 Å². The highest BCUT2D eigenvalue weighted by atomic mass is 16.5. The molecule has 2 N–H and O–H groups in total. The number of rotatable bonds is 2. The Morgan fingerprint density at radius 1 is 1.32 bits per heavy atom. The highest BCUT2D eigenvalue weighted by Gasteiger charge is 2.62. The first-order chi connectivity index (χ1) is 9.00. The number of nitrogens with one attached hydrogen (secondary N) is 2. The maximum atomic E-state index is 11.9. The van der Waals surface area contributed by atoms with E-state index < -0.39 is 5.91 Å². The zero-order valence-corrected chi connectivity index (χ0v) is 11.0. The van der Waals surface area contributed by atoms with Crippen LogP contribution in [0.1, 0.15) is 37.2 Å². The van der Waals surface area contributed by atoms with Crippen LogP contribution >= 0.6 is 0 Å². The zero-order chi connectivity index (χ0) is 13.6. The molecule has 1 aromatic heterocycles. The summed E-state index contributed by atoms with van der Waals surface area (Å²) >= 11 is 0. The minimum absolute atomic E-state index is 0.0145. The molecule has 102 valence electrons. The number of nitrogens with zero attached hydrogens (tertiary/aromatic N) is 1. The SMILES string of the molecule is CC1(C)[C@@H]2CC(C(=O)NNC(=O)c3ccon3)C[C@@H]21. The van der Waals surface area contributed by atoms with Crippen molar-refractivity contribution in [2.24, 2.45) is 23.2 Å². The molecule has 6 heteroatoms. The molecule has 1 aromatic rings. The molecule has 1 unspecified atom stereocenters. The fraction of sp³-hybridized carbons (Fsp3) is 0.615. The molecule has 0 saturated heterocycles. The molecule has 0 spiro atoms. The fourth-order valence-electron chi connectivity index (χ4n) is 3.33. The van der Waals surface area contributed by atoms with Gasteiger partial charge in [-0.3, -0.25) is 20.4 Å². The van der Waals surface area contributed by atoms with Gasteiger partial charge in [-0.15, -0.1) is 0 Å². The third-order valence-corrected chi connectivity index (χ3v) is 4.71. The maximum absolute atomic E-state index is 11.9. The molecule has 2 amide bonds.